The van der Waals surface area contributed by atoms with Gasteiger partial charge in [0.25, 0.3) is 0 Å². The van der Waals surface area contributed by atoms with E-state index in [0.717, 1.165) is 0 Å². The van der Waals surface area contributed by atoms with Crippen LogP contribution in [0.4, 0.5) is 0 Å². The quantitative estimate of drug-likeness (QED) is 0.743. The molecule has 0 spiro atoms. The molecule has 0 saturated heterocycles. The molecule has 0 aromatic rings. The maximum Gasteiger partial charge on any atom is 0.167 e. The second-order valence-corrected chi connectivity index (χ2v) is 4.39. The topological polar surface area (TPSA) is 24.1 Å². The molecule has 0 heterocycles. The zero-order valence-corrected chi connectivity index (χ0v) is 10.8. The van der Waals surface area contributed by atoms with Gasteiger partial charge in [-0.15, -0.1) is 0 Å². The monoisotopic (exact) mass is 256 g/mol. The van der Waals surface area contributed by atoms with Gasteiger partial charge in [0.05, 0.1) is 12.1 Å². The number of hydrogen-bond acceptors (Lipinski definition) is 1. The molecule has 0 aliphatic heterocycles. The van der Waals surface area contributed by atoms with E-state index in [0.29, 0.717) is 5.11 Å². The highest BCUT2D eigenvalue weighted by molar-refractivity contribution is 7.80. The zero-order chi connectivity index (χ0) is 12.6. The van der Waals surface area contributed by atoms with E-state index < -0.39 is 0 Å². The summed E-state index contributed by atoms with van der Waals surface area (Å²) in [5.74, 6) is 0. The first kappa shape index (κ1) is 12.6. The van der Waals surface area contributed by atoms with E-state index in [2.05, 4.69) is 34.9 Å². The van der Waals surface area contributed by atoms with Crippen LogP contribution in [-0.4, -0.2) is 17.2 Å². The molecule has 2 rings (SSSR count). The van der Waals surface area contributed by atoms with E-state index in [1.165, 1.54) is 0 Å². The molecule has 0 aromatic carbocycles. The SMILES string of the molecule is S=C(NC1C=CC=CC=C1)NC1C=CC=CC=C1. The summed E-state index contributed by atoms with van der Waals surface area (Å²) in [5.41, 5.74) is 0. The van der Waals surface area contributed by atoms with E-state index >= 15 is 0 Å². The molecule has 0 fully saturated rings. The maximum absolute atomic E-state index is 5.31. The van der Waals surface area contributed by atoms with Crippen molar-refractivity contribution in [2.45, 2.75) is 12.1 Å². The molecule has 0 bridgehead atoms. The standard InChI is InChI=1S/C15H16N2S/c18-15(16-13-9-5-1-2-6-10-13)17-14-11-7-3-4-8-12-14/h1-14H,(H2,16,17,18). The maximum atomic E-state index is 5.31. The number of thiocarbonyl (C=S) groups is 1. The van der Waals surface area contributed by atoms with Gasteiger partial charge in [0, 0.05) is 0 Å². The molecule has 0 radical (unpaired) electrons. The van der Waals surface area contributed by atoms with Crippen LogP contribution in [0.1, 0.15) is 0 Å². The van der Waals surface area contributed by atoms with Gasteiger partial charge in [-0.05, 0) is 12.2 Å². The van der Waals surface area contributed by atoms with Crippen molar-refractivity contribution < 1.29 is 0 Å². The van der Waals surface area contributed by atoms with Crippen LogP contribution in [0.25, 0.3) is 0 Å². The Kier molecular flexibility index (Phi) is 4.73. The molecule has 18 heavy (non-hydrogen) atoms. The smallest absolute Gasteiger partial charge is 0.167 e. The molecule has 2 N–H and O–H groups in total. The van der Waals surface area contributed by atoms with E-state index in [-0.39, 0.29) is 12.1 Å². The molecule has 2 nitrogen and oxygen atoms in total. The third-order valence-electron chi connectivity index (χ3n) is 2.54. The van der Waals surface area contributed by atoms with Crippen molar-refractivity contribution in [3.63, 3.8) is 0 Å². The summed E-state index contributed by atoms with van der Waals surface area (Å²) in [5, 5.41) is 7.14. The zero-order valence-electron chi connectivity index (χ0n) is 9.99. The summed E-state index contributed by atoms with van der Waals surface area (Å²) < 4.78 is 0. The number of allylic oxidation sites excluding steroid dienone is 8. The summed E-state index contributed by atoms with van der Waals surface area (Å²) in [6, 6.07) is 0.272. The molecule has 2 aliphatic carbocycles. The summed E-state index contributed by atoms with van der Waals surface area (Å²) >= 11 is 5.31. The first-order chi connectivity index (χ1) is 8.84. The van der Waals surface area contributed by atoms with Crippen LogP contribution in [0.5, 0.6) is 0 Å². The van der Waals surface area contributed by atoms with Crippen LogP contribution in [0.3, 0.4) is 0 Å². The fraction of sp³-hybridized carbons (Fsp3) is 0.133. The Morgan fingerprint density at radius 3 is 1.28 bits per heavy atom. The van der Waals surface area contributed by atoms with Crippen LogP contribution in [-0.2, 0) is 0 Å². The molecule has 0 saturated carbocycles. The highest BCUT2D eigenvalue weighted by Gasteiger charge is 2.06. The van der Waals surface area contributed by atoms with Crippen LogP contribution < -0.4 is 10.6 Å². The largest absolute Gasteiger partial charge is 0.353 e. The summed E-state index contributed by atoms with van der Waals surface area (Å²) in [6.07, 6.45) is 24.3. The van der Waals surface area contributed by atoms with Crippen molar-refractivity contribution in [1.29, 1.82) is 0 Å². The van der Waals surface area contributed by atoms with Gasteiger partial charge < -0.3 is 10.6 Å². The van der Waals surface area contributed by atoms with Gasteiger partial charge in [-0.3, -0.25) is 0 Å². The molecular formula is C15H16N2S. The number of hydrogen-bond donors (Lipinski definition) is 2. The minimum absolute atomic E-state index is 0.136. The van der Waals surface area contributed by atoms with Gasteiger partial charge in [-0.25, -0.2) is 0 Å². The lowest BCUT2D eigenvalue weighted by Gasteiger charge is -2.17. The Balaban J connectivity index is 1.85. The Labute approximate surface area is 113 Å². The van der Waals surface area contributed by atoms with Gasteiger partial charge in [0.15, 0.2) is 5.11 Å². The second-order valence-electron chi connectivity index (χ2n) is 3.98. The minimum Gasteiger partial charge on any atom is -0.353 e. The Bertz CT molecular complexity index is 393. The van der Waals surface area contributed by atoms with Crippen LogP contribution in [0.2, 0.25) is 0 Å². The lowest BCUT2D eigenvalue weighted by molar-refractivity contribution is 0.804. The molecule has 3 heteroatoms. The first-order valence-electron chi connectivity index (χ1n) is 5.95. The molecule has 92 valence electrons. The molecular weight excluding hydrogens is 240 g/mol. The van der Waals surface area contributed by atoms with E-state index in [9.17, 15) is 0 Å². The molecule has 0 aromatic heterocycles. The van der Waals surface area contributed by atoms with Gasteiger partial charge >= 0.3 is 0 Å². The lowest BCUT2D eigenvalue weighted by atomic mass is 10.2. The minimum atomic E-state index is 0.136. The van der Waals surface area contributed by atoms with Crippen molar-refractivity contribution in [2.75, 3.05) is 0 Å². The average Bonchev–Trinajstić information content (AvgIpc) is 2.74. The Morgan fingerprint density at radius 1 is 0.611 bits per heavy atom. The average molecular weight is 256 g/mol. The van der Waals surface area contributed by atoms with Crippen molar-refractivity contribution >= 4 is 17.3 Å². The molecule has 0 amide bonds. The van der Waals surface area contributed by atoms with Crippen LogP contribution in [0, 0.1) is 0 Å². The fourth-order valence-corrected chi connectivity index (χ4v) is 1.93. The lowest BCUT2D eigenvalue weighted by Crippen LogP contribution is -2.43. The predicted octanol–water partition coefficient (Wildman–Crippen LogP) is 2.55. The molecule has 2 aliphatic rings. The van der Waals surface area contributed by atoms with E-state index in [1.807, 2.05) is 48.6 Å². The highest BCUT2D eigenvalue weighted by atomic mass is 32.1. The van der Waals surface area contributed by atoms with Crippen LogP contribution >= 0.6 is 12.2 Å². The molecule has 0 atom stereocenters. The predicted molar refractivity (Wildman–Crippen MR) is 81.3 cm³/mol. The number of nitrogens with one attached hydrogen (secondary N) is 2. The Hall–Kier alpha value is -1.87. The van der Waals surface area contributed by atoms with Crippen molar-refractivity contribution in [2.24, 2.45) is 0 Å². The normalized spacial score (nSPS) is 18.7. The van der Waals surface area contributed by atoms with E-state index in [4.69, 9.17) is 12.2 Å². The molecule has 0 unspecified atom stereocenters. The van der Waals surface area contributed by atoms with Gasteiger partial charge in [-0.1, -0.05) is 72.9 Å². The van der Waals surface area contributed by atoms with Crippen LogP contribution in [0.15, 0.2) is 72.9 Å². The third kappa shape index (κ3) is 4.18. The van der Waals surface area contributed by atoms with Crippen molar-refractivity contribution in [3.8, 4) is 0 Å². The summed E-state index contributed by atoms with van der Waals surface area (Å²) in [7, 11) is 0. The number of rotatable bonds is 2. The van der Waals surface area contributed by atoms with Gasteiger partial charge in [0.2, 0.25) is 0 Å². The first-order valence-corrected chi connectivity index (χ1v) is 6.36. The summed E-state index contributed by atoms with van der Waals surface area (Å²) in [4.78, 5) is 0. The second kappa shape index (κ2) is 6.77. The van der Waals surface area contributed by atoms with Crippen molar-refractivity contribution in [3.05, 3.63) is 72.9 Å². The Morgan fingerprint density at radius 2 is 0.944 bits per heavy atom. The summed E-state index contributed by atoms with van der Waals surface area (Å²) in [6.45, 7) is 0. The fourth-order valence-electron chi connectivity index (χ4n) is 1.66. The highest BCUT2D eigenvalue weighted by Crippen LogP contribution is 1.99. The van der Waals surface area contributed by atoms with Gasteiger partial charge in [0.1, 0.15) is 0 Å². The third-order valence-corrected chi connectivity index (χ3v) is 2.77. The van der Waals surface area contributed by atoms with E-state index in [1.54, 1.807) is 0 Å². The van der Waals surface area contributed by atoms with Crippen molar-refractivity contribution in [1.82, 2.24) is 10.6 Å². The van der Waals surface area contributed by atoms with Gasteiger partial charge in [-0.2, -0.15) is 0 Å².